The van der Waals surface area contributed by atoms with Crippen LogP contribution in [-0.2, 0) is 18.6 Å². The number of nitro groups is 1. The summed E-state index contributed by atoms with van der Waals surface area (Å²) >= 11 is 0. The van der Waals surface area contributed by atoms with E-state index in [2.05, 4.69) is 15.3 Å². The third-order valence-corrected chi connectivity index (χ3v) is 2.97. The van der Waals surface area contributed by atoms with Crippen LogP contribution >= 0.6 is 0 Å². The Labute approximate surface area is 115 Å². The Kier molecular flexibility index (Phi) is 3.53. The lowest BCUT2D eigenvalue weighted by Gasteiger charge is -2.13. The van der Waals surface area contributed by atoms with Crippen LogP contribution in [0.3, 0.4) is 0 Å². The molecule has 0 atom stereocenters. The van der Waals surface area contributed by atoms with E-state index in [1.807, 2.05) is 13.8 Å². The van der Waals surface area contributed by atoms with Crippen LogP contribution in [-0.4, -0.2) is 29.5 Å². The van der Waals surface area contributed by atoms with Crippen molar-refractivity contribution in [3.63, 3.8) is 0 Å². The van der Waals surface area contributed by atoms with Crippen LogP contribution in [0.15, 0.2) is 12.4 Å². The summed E-state index contributed by atoms with van der Waals surface area (Å²) in [7, 11) is 0. The number of nitrogens with zero attached hydrogens (tertiary/aromatic N) is 6. The van der Waals surface area contributed by atoms with Crippen molar-refractivity contribution < 1.29 is 4.92 Å². The summed E-state index contributed by atoms with van der Waals surface area (Å²) in [6.07, 6.45) is 3.00. The van der Waals surface area contributed by atoms with Gasteiger partial charge in [-0.2, -0.15) is 0 Å². The molecule has 0 saturated carbocycles. The number of aromatic nitrogens is 5. The quantitative estimate of drug-likeness (QED) is 0.632. The lowest BCUT2D eigenvalue weighted by molar-refractivity contribution is -0.392. The SMILES string of the molecule is Cc1ncc([N+](=O)[O-])n1CCn1cc(C(C)(C)N)nn1. The minimum absolute atomic E-state index is 0.0259. The zero-order valence-electron chi connectivity index (χ0n) is 11.6. The van der Waals surface area contributed by atoms with Crippen molar-refractivity contribution in [3.05, 3.63) is 34.0 Å². The molecule has 0 aliphatic rings. The van der Waals surface area contributed by atoms with Crippen LogP contribution in [0.4, 0.5) is 5.82 Å². The molecule has 2 N–H and O–H groups in total. The second-order valence-corrected chi connectivity index (χ2v) is 5.16. The summed E-state index contributed by atoms with van der Waals surface area (Å²) in [5.74, 6) is 0.568. The van der Waals surface area contributed by atoms with E-state index in [1.54, 1.807) is 17.8 Å². The van der Waals surface area contributed by atoms with Crippen LogP contribution in [0.5, 0.6) is 0 Å². The molecule has 0 saturated heterocycles. The Morgan fingerprint density at radius 3 is 2.70 bits per heavy atom. The molecule has 0 bridgehead atoms. The molecule has 20 heavy (non-hydrogen) atoms. The molecule has 0 aliphatic heterocycles. The van der Waals surface area contributed by atoms with Gasteiger partial charge < -0.3 is 15.8 Å². The molecule has 0 amide bonds. The van der Waals surface area contributed by atoms with Crippen molar-refractivity contribution in [2.24, 2.45) is 5.73 Å². The highest BCUT2D eigenvalue weighted by molar-refractivity contribution is 5.18. The second kappa shape index (κ2) is 5.00. The normalized spacial score (nSPS) is 11.8. The van der Waals surface area contributed by atoms with Gasteiger partial charge in [0.25, 0.3) is 0 Å². The van der Waals surface area contributed by atoms with Crippen molar-refractivity contribution in [1.29, 1.82) is 0 Å². The molecule has 0 radical (unpaired) electrons. The average Bonchev–Trinajstić information content (AvgIpc) is 2.92. The highest BCUT2D eigenvalue weighted by Gasteiger charge is 2.20. The van der Waals surface area contributed by atoms with Gasteiger partial charge >= 0.3 is 5.82 Å². The van der Waals surface area contributed by atoms with Crippen LogP contribution < -0.4 is 5.73 Å². The fourth-order valence-electron chi connectivity index (χ4n) is 1.78. The Morgan fingerprint density at radius 2 is 2.15 bits per heavy atom. The van der Waals surface area contributed by atoms with Gasteiger partial charge in [0.1, 0.15) is 18.4 Å². The van der Waals surface area contributed by atoms with Gasteiger partial charge in [0.15, 0.2) is 5.82 Å². The van der Waals surface area contributed by atoms with Gasteiger partial charge in [-0.05, 0) is 18.8 Å². The lowest BCUT2D eigenvalue weighted by Crippen LogP contribution is -2.29. The van der Waals surface area contributed by atoms with E-state index >= 15 is 0 Å². The van der Waals surface area contributed by atoms with Gasteiger partial charge in [-0.25, -0.2) is 14.2 Å². The number of nitrogens with two attached hydrogens (primary N) is 1. The first-order chi connectivity index (χ1) is 9.29. The third-order valence-electron chi connectivity index (χ3n) is 2.97. The predicted octanol–water partition coefficient (Wildman–Crippen LogP) is 0.585. The van der Waals surface area contributed by atoms with Gasteiger partial charge in [0, 0.05) is 6.92 Å². The molecule has 9 heteroatoms. The predicted molar refractivity (Wildman–Crippen MR) is 70.9 cm³/mol. The standard InChI is InChI=1S/C11H17N7O2/c1-8-13-6-10(18(19)20)17(8)5-4-16-7-9(14-15-16)11(2,3)12/h6-7H,4-5,12H2,1-3H3. The summed E-state index contributed by atoms with van der Waals surface area (Å²) in [6, 6.07) is 0. The zero-order chi connectivity index (χ0) is 14.9. The minimum Gasteiger partial charge on any atom is -0.358 e. The van der Waals surface area contributed by atoms with Gasteiger partial charge in [0.05, 0.1) is 18.3 Å². The van der Waals surface area contributed by atoms with E-state index < -0.39 is 10.5 Å². The van der Waals surface area contributed by atoms with Crippen molar-refractivity contribution in [2.45, 2.75) is 39.4 Å². The molecule has 0 spiro atoms. The number of hydrogen-bond donors (Lipinski definition) is 1. The lowest BCUT2D eigenvalue weighted by atomic mass is 10.0. The number of aryl methyl sites for hydroxylation is 2. The monoisotopic (exact) mass is 279 g/mol. The van der Waals surface area contributed by atoms with Gasteiger partial charge in [-0.3, -0.25) is 0 Å². The van der Waals surface area contributed by atoms with E-state index in [0.717, 1.165) is 0 Å². The molecule has 0 unspecified atom stereocenters. The summed E-state index contributed by atoms with van der Waals surface area (Å²) in [5, 5.41) is 18.8. The zero-order valence-corrected chi connectivity index (χ0v) is 11.6. The second-order valence-electron chi connectivity index (χ2n) is 5.16. The topological polar surface area (TPSA) is 118 Å². The van der Waals surface area contributed by atoms with Crippen LogP contribution in [0, 0.1) is 17.0 Å². The molecular formula is C11H17N7O2. The highest BCUT2D eigenvalue weighted by Crippen LogP contribution is 2.15. The van der Waals surface area contributed by atoms with E-state index in [0.29, 0.717) is 24.6 Å². The van der Waals surface area contributed by atoms with Crippen LogP contribution in [0.2, 0.25) is 0 Å². The highest BCUT2D eigenvalue weighted by atomic mass is 16.6. The molecule has 2 aromatic heterocycles. The Morgan fingerprint density at radius 1 is 1.45 bits per heavy atom. The molecule has 0 aliphatic carbocycles. The number of hydrogen-bond acceptors (Lipinski definition) is 6. The summed E-state index contributed by atoms with van der Waals surface area (Å²) in [6.45, 7) is 6.26. The van der Waals surface area contributed by atoms with E-state index in [4.69, 9.17) is 5.73 Å². The molecule has 2 heterocycles. The van der Waals surface area contributed by atoms with Crippen LogP contribution in [0.25, 0.3) is 0 Å². The Balaban J connectivity index is 2.11. The average molecular weight is 279 g/mol. The van der Waals surface area contributed by atoms with E-state index in [1.165, 1.54) is 10.8 Å². The summed E-state index contributed by atoms with van der Waals surface area (Å²) in [4.78, 5) is 14.4. The first kappa shape index (κ1) is 14.1. The van der Waals surface area contributed by atoms with Crippen molar-refractivity contribution in [3.8, 4) is 0 Å². The van der Waals surface area contributed by atoms with Crippen molar-refractivity contribution in [2.75, 3.05) is 0 Å². The van der Waals surface area contributed by atoms with Gasteiger partial charge in [-0.1, -0.05) is 5.21 Å². The summed E-state index contributed by atoms with van der Waals surface area (Å²) in [5.41, 5.74) is 6.04. The number of imidazole rings is 1. The maximum atomic E-state index is 10.9. The molecule has 0 aromatic carbocycles. The largest absolute Gasteiger partial charge is 0.358 e. The van der Waals surface area contributed by atoms with E-state index in [9.17, 15) is 10.1 Å². The summed E-state index contributed by atoms with van der Waals surface area (Å²) < 4.78 is 3.15. The van der Waals surface area contributed by atoms with Crippen molar-refractivity contribution >= 4 is 5.82 Å². The maximum Gasteiger partial charge on any atom is 0.342 e. The van der Waals surface area contributed by atoms with E-state index in [-0.39, 0.29) is 5.82 Å². The fraction of sp³-hybridized carbons (Fsp3) is 0.545. The smallest absolute Gasteiger partial charge is 0.342 e. The van der Waals surface area contributed by atoms with Gasteiger partial charge in [-0.15, -0.1) is 5.10 Å². The molecule has 2 rings (SSSR count). The molecule has 9 nitrogen and oxygen atoms in total. The molecule has 0 fully saturated rings. The molecule has 108 valence electrons. The molecule has 2 aromatic rings. The van der Waals surface area contributed by atoms with Crippen molar-refractivity contribution in [1.82, 2.24) is 24.5 Å². The first-order valence-electron chi connectivity index (χ1n) is 6.15. The maximum absolute atomic E-state index is 10.9. The third kappa shape index (κ3) is 2.82. The Bertz CT molecular complexity index is 623. The fourth-order valence-corrected chi connectivity index (χ4v) is 1.78. The Hall–Kier alpha value is -2.29. The van der Waals surface area contributed by atoms with Crippen LogP contribution in [0.1, 0.15) is 25.4 Å². The number of rotatable bonds is 5. The first-order valence-corrected chi connectivity index (χ1v) is 6.15. The van der Waals surface area contributed by atoms with Gasteiger partial charge in [0.2, 0.25) is 0 Å². The molecular weight excluding hydrogens is 262 g/mol. The minimum atomic E-state index is -0.560.